The maximum Gasteiger partial charge on any atom is 0.272 e. The van der Waals surface area contributed by atoms with Gasteiger partial charge in [0.05, 0.1) is 10.6 Å². The molecule has 1 aliphatic rings. The van der Waals surface area contributed by atoms with Crippen LogP contribution in [-0.4, -0.2) is 52.2 Å². The van der Waals surface area contributed by atoms with Crippen LogP contribution in [0.3, 0.4) is 0 Å². The Kier molecular flexibility index (Phi) is 4.00. The lowest BCUT2D eigenvalue weighted by Gasteiger charge is -2.34. The van der Waals surface area contributed by atoms with E-state index in [4.69, 9.17) is 0 Å². The Morgan fingerprint density at radius 1 is 1.12 bits per heavy atom. The Bertz CT molecular complexity index is 807. The first kappa shape index (κ1) is 14.9. The van der Waals surface area contributed by atoms with E-state index in [0.717, 1.165) is 24.6 Å². The van der Waals surface area contributed by atoms with Crippen molar-refractivity contribution in [2.75, 3.05) is 31.1 Å². The maximum atomic E-state index is 12.4. The van der Waals surface area contributed by atoms with Crippen molar-refractivity contribution in [3.63, 3.8) is 0 Å². The second-order valence-corrected chi connectivity index (χ2v) is 6.56. The van der Waals surface area contributed by atoms with Crippen molar-refractivity contribution in [2.24, 2.45) is 0 Å². The Balaban J connectivity index is 1.40. The van der Waals surface area contributed by atoms with Crippen LogP contribution in [0.25, 0.3) is 10.6 Å². The number of amides is 1. The van der Waals surface area contributed by atoms with Gasteiger partial charge in [-0.05, 0) is 23.6 Å². The van der Waals surface area contributed by atoms with Gasteiger partial charge in [0.15, 0.2) is 5.82 Å². The normalized spacial score (nSPS) is 14.8. The summed E-state index contributed by atoms with van der Waals surface area (Å²) in [7, 11) is 0. The van der Waals surface area contributed by atoms with Gasteiger partial charge in [-0.2, -0.15) is 5.10 Å². The zero-order valence-electron chi connectivity index (χ0n) is 13.1. The smallest absolute Gasteiger partial charge is 0.272 e. The predicted molar refractivity (Wildman–Crippen MR) is 94.3 cm³/mol. The second-order valence-electron chi connectivity index (χ2n) is 5.61. The molecule has 1 aliphatic heterocycles. The molecule has 0 saturated carbocycles. The van der Waals surface area contributed by atoms with Crippen molar-refractivity contribution >= 4 is 23.1 Å². The molecule has 0 aromatic carbocycles. The van der Waals surface area contributed by atoms with E-state index in [1.165, 1.54) is 4.88 Å². The fourth-order valence-electron chi connectivity index (χ4n) is 2.82. The summed E-state index contributed by atoms with van der Waals surface area (Å²) in [4.78, 5) is 21.8. The van der Waals surface area contributed by atoms with Crippen LogP contribution >= 0.6 is 11.3 Å². The zero-order chi connectivity index (χ0) is 16.4. The molecule has 3 aromatic heterocycles. The van der Waals surface area contributed by atoms with Gasteiger partial charge in [0, 0.05) is 38.4 Å². The molecule has 4 heterocycles. The third-order valence-electron chi connectivity index (χ3n) is 4.13. The molecule has 6 nitrogen and oxygen atoms in total. The number of thiophene rings is 1. The van der Waals surface area contributed by atoms with Crippen molar-refractivity contribution in [3.8, 4) is 10.6 Å². The van der Waals surface area contributed by atoms with E-state index in [2.05, 4.69) is 37.6 Å². The molecule has 7 heteroatoms. The van der Waals surface area contributed by atoms with E-state index in [0.29, 0.717) is 18.8 Å². The Hall–Kier alpha value is -2.67. The van der Waals surface area contributed by atoms with Crippen LogP contribution in [-0.2, 0) is 0 Å². The van der Waals surface area contributed by atoms with Crippen molar-refractivity contribution in [1.82, 2.24) is 20.1 Å². The molecule has 0 atom stereocenters. The first-order valence-electron chi connectivity index (χ1n) is 7.86. The first-order chi connectivity index (χ1) is 11.8. The number of aromatic nitrogens is 3. The highest BCUT2D eigenvalue weighted by molar-refractivity contribution is 7.13. The lowest BCUT2D eigenvalue weighted by atomic mass is 10.2. The molecule has 4 rings (SSSR count). The monoisotopic (exact) mass is 339 g/mol. The number of H-pyrrole nitrogens is 1. The van der Waals surface area contributed by atoms with Crippen molar-refractivity contribution in [1.29, 1.82) is 0 Å². The molecule has 1 N–H and O–H groups in total. The number of nitrogens with zero attached hydrogens (tertiary/aromatic N) is 4. The maximum absolute atomic E-state index is 12.4. The first-order valence-corrected chi connectivity index (χ1v) is 8.74. The molecule has 1 fully saturated rings. The number of anilines is 1. The molecule has 0 aliphatic carbocycles. The van der Waals surface area contributed by atoms with E-state index < -0.39 is 0 Å². The number of piperazine rings is 1. The summed E-state index contributed by atoms with van der Waals surface area (Å²) in [5.74, 6) is 0.930. The van der Waals surface area contributed by atoms with Crippen LogP contribution in [0.2, 0.25) is 0 Å². The summed E-state index contributed by atoms with van der Waals surface area (Å²) in [6, 6.07) is 11.6. The fraction of sp³-hybridized carbons (Fsp3) is 0.235. The number of carbonyl (C=O) groups is 1. The van der Waals surface area contributed by atoms with Gasteiger partial charge in [-0.15, -0.1) is 11.3 Å². The van der Waals surface area contributed by atoms with E-state index in [-0.39, 0.29) is 5.91 Å². The van der Waals surface area contributed by atoms with E-state index in [9.17, 15) is 4.79 Å². The van der Waals surface area contributed by atoms with Crippen molar-refractivity contribution < 1.29 is 4.79 Å². The molecule has 122 valence electrons. The highest BCUT2D eigenvalue weighted by Crippen LogP contribution is 2.26. The third-order valence-corrected chi connectivity index (χ3v) is 5.03. The van der Waals surface area contributed by atoms with Gasteiger partial charge in [-0.25, -0.2) is 0 Å². The number of aromatic amines is 1. The topological polar surface area (TPSA) is 65.1 Å². The summed E-state index contributed by atoms with van der Waals surface area (Å²) < 4.78 is 0. The van der Waals surface area contributed by atoms with Crippen molar-refractivity contribution in [2.45, 2.75) is 0 Å². The van der Waals surface area contributed by atoms with Crippen LogP contribution in [0.4, 0.5) is 5.82 Å². The predicted octanol–water partition coefficient (Wildman–Crippen LogP) is 2.50. The number of rotatable bonds is 3. The molecule has 1 amide bonds. The Labute approximate surface area is 143 Å². The number of hydrogen-bond donors (Lipinski definition) is 1. The molecule has 0 bridgehead atoms. The summed E-state index contributed by atoms with van der Waals surface area (Å²) in [5.41, 5.74) is 1.54. The zero-order valence-corrected chi connectivity index (χ0v) is 13.9. The van der Waals surface area contributed by atoms with E-state index >= 15 is 0 Å². The molecular formula is C17H17N5OS. The molecule has 3 aromatic rings. The number of nitrogens with one attached hydrogen (secondary N) is 1. The van der Waals surface area contributed by atoms with Gasteiger partial charge < -0.3 is 9.80 Å². The fourth-order valence-corrected chi connectivity index (χ4v) is 3.51. The highest BCUT2D eigenvalue weighted by atomic mass is 32.1. The SMILES string of the molecule is O=C(c1ccccn1)N1CCN(c2cc(-c3cccs3)[nH]n2)CC1. The number of pyridine rings is 1. The van der Waals surface area contributed by atoms with Crippen LogP contribution in [0.5, 0.6) is 0 Å². The van der Waals surface area contributed by atoms with Crippen LogP contribution in [0.15, 0.2) is 48.0 Å². The third kappa shape index (κ3) is 2.90. The van der Waals surface area contributed by atoms with Gasteiger partial charge >= 0.3 is 0 Å². The van der Waals surface area contributed by atoms with Crippen LogP contribution in [0.1, 0.15) is 10.5 Å². The van der Waals surface area contributed by atoms with Gasteiger partial charge in [0.25, 0.3) is 5.91 Å². The minimum atomic E-state index is -0.00319. The summed E-state index contributed by atoms with van der Waals surface area (Å²) in [6.45, 7) is 2.90. The van der Waals surface area contributed by atoms with Gasteiger partial charge in [-0.3, -0.25) is 14.9 Å². The molecule has 0 spiro atoms. The van der Waals surface area contributed by atoms with Gasteiger partial charge in [-0.1, -0.05) is 12.1 Å². The van der Waals surface area contributed by atoms with Crippen LogP contribution < -0.4 is 4.90 Å². The lowest BCUT2D eigenvalue weighted by Crippen LogP contribution is -2.49. The molecule has 1 saturated heterocycles. The minimum absolute atomic E-state index is 0.00319. The molecule has 0 unspecified atom stereocenters. The van der Waals surface area contributed by atoms with Crippen molar-refractivity contribution in [3.05, 3.63) is 53.7 Å². The summed E-state index contributed by atoms with van der Waals surface area (Å²) in [5, 5.41) is 9.56. The second kappa shape index (κ2) is 6.45. The Morgan fingerprint density at radius 3 is 2.71 bits per heavy atom. The standard InChI is InChI=1S/C17H17N5OS/c23-17(13-4-1-2-6-18-13)22-9-7-21(8-10-22)16-12-14(19-20-16)15-5-3-11-24-15/h1-6,11-12H,7-10H2,(H,19,20). The van der Waals surface area contributed by atoms with E-state index in [1.807, 2.05) is 23.1 Å². The quantitative estimate of drug-likeness (QED) is 0.796. The number of carbonyl (C=O) groups excluding carboxylic acids is 1. The minimum Gasteiger partial charge on any atom is -0.352 e. The average Bonchev–Trinajstić information content (AvgIpc) is 3.33. The molecule has 24 heavy (non-hydrogen) atoms. The summed E-state index contributed by atoms with van der Waals surface area (Å²) in [6.07, 6.45) is 1.65. The number of hydrogen-bond acceptors (Lipinski definition) is 5. The average molecular weight is 339 g/mol. The highest BCUT2D eigenvalue weighted by Gasteiger charge is 2.24. The van der Waals surface area contributed by atoms with E-state index in [1.54, 1.807) is 23.6 Å². The van der Waals surface area contributed by atoms with Gasteiger partial charge in [0.2, 0.25) is 0 Å². The largest absolute Gasteiger partial charge is 0.352 e. The summed E-state index contributed by atoms with van der Waals surface area (Å²) >= 11 is 1.69. The van der Waals surface area contributed by atoms with Crippen LogP contribution in [0, 0.1) is 0 Å². The van der Waals surface area contributed by atoms with Gasteiger partial charge in [0.1, 0.15) is 5.69 Å². The molecular weight excluding hydrogens is 322 g/mol. The lowest BCUT2D eigenvalue weighted by molar-refractivity contribution is 0.0740. The Morgan fingerprint density at radius 2 is 2.00 bits per heavy atom. The molecule has 0 radical (unpaired) electrons.